The molecule has 2 N–H and O–H groups in total. The van der Waals surface area contributed by atoms with E-state index in [4.69, 9.17) is 9.47 Å². The molecule has 7 nitrogen and oxygen atoms in total. The molecule has 0 fully saturated rings. The lowest BCUT2D eigenvalue weighted by molar-refractivity contribution is -0.150. The highest BCUT2D eigenvalue weighted by Crippen LogP contribution is 2.23. The Balaban J connectivity index is 5.04. The number of nitrogens with zero attached hydrogens (tertiary/aromatic N) is 1. The molecular formula is C62H123NO6. The molecule has 69 heavy (non-hydrogen) atoms. The van der Waals surface area contributed by atoms with Crippen molar-refractivity contribution in [2.45, 2.75) is 342 Å². The number of carbonyl (C=O) groups excluding carboxylic acids is 2. The van der Waals surface area contributed by atoms with E-state index in [0.29, 0.717) is 13.2 Å². The van der Waals surface area contributed by atoms with Gasteiger partial charge in [0.05, 0.1) is 43.8 Å². The van der Waals surface area contributed by atoms with Gasteiger partial charge in [0.15, 0.2) is 0 Å². The lowest BCUT2D eigenvalue weighted by Gasteiger charge is -2.34. The van der Waals surface area contributed by atoms with Gasteiger partial charge in [-0.05, 0) is 70.9 Å². The second kappa shape index (κ2) is 54.6. The molecule has 0 saturated heterocycles. The molecule has 0 aromatic rings. The summed E-state index contributed by atoms with van der Waals surface area (Å²) in [5.41, 5.74) is 0. The average Bonchev–Trinajstić information content (AvgIpc) is 3.35. The van der Waals surface area contributed by atoms with Crippen LogP contribution < -0.4 is 0 Å². The molecule has 0 aromatic heterocycles. The van der Waals surface area contributed by atoms with Gasteiger partial charge in [0.2, 0.25) is 0 Å². The van der Waals surface area contributed by atoms with Gasteiger partial charge in [0.1, 0.15) is 0 Å². The fourth-order valence-electron chi connectivity index (χ4n) is 10.3. The number of aliphatic hydroxyl groups is 2. The first-order valence-corrected chi connectivity index (χ1v) is 31.3. The summed E-state index contributed by atoms with van der Waals surface area (Å²) in [4.78, 5) is 28.8. The van der Waals surface area contributed by atoms with Crippen LogP contribution in [0, 0.1) is 11.8 Å². The highest BCUT2D eigenvalue weighted by molar-refractivity contribution is 5.72. The van der Waals surface area contributed by atoms with Crippen LogP contribution in [-0.4, -0.2) is 72.1 Å². The molecule has 0 rings (SSSR count). The monoisotopic (exact) mass is 978 g/mol. The summed E-state index contributed by atoms with van der Waals surface area (Å²) < 4.78 is 11.8. The van der Waals surface area contributed by atoms with Crippen LogP contribution in [0.1, 0.15) is 330 Å². The Morgan fingerprint density at radius 3 is 0.899 bits per heavy atom. The first-order chi connectivity index (χ1) is 33.9. The maximum Gasteiger partial charge on any atom is 0.308 e. The predicted molar refractivity (Wildman–Crippen MR) is 298 cm³/mol. The molecule has 412 valence electrons. The third kappa shape index (κ3) is 44.1. The number of aliphatic hydroxyl groups excluding tert-OH is 2. The number of carbonyl (C=O) groups is 2. The summed E-state index contributed by atoms with van der Waals surface area (Å²) in [5.74, 6) is 0.155. The zero-order valence-corrected chi connectivity index (χ0v) is 47.3. The largest absolute Gasteiger partial charge is 0.465 e. The maximum atomic E-state index is 13.2. The Morgan fingerprint density at radius 1 is 0.348 bits per heavy atom. The van der Waals surface area contributed by atoms with Crippen LogP contribution in [0.3, 0.4) is 0 Å². The van der Waals surface area contributed by atoms with Crippen LogP contribution in [0.15, 0.2) is 0 Å². The van der Waals surface area contributed by atoms with Crippen LogP contribution in [0.5, 0.6) is 0 Å². The third-order valence-electron chi connectivity index (χ3n) is 15.2. The minimum atomic E-state index is -0.529. The normalized spacial score (nSPS) is 13.5. The molecule has 0 radical (unpaired) electrons. The SMILES string of the molecule is CCCCCCCCCCCCCCCC(O)C(CO)N(CCCCCCOC(=O)C(CCCCCC)CCCCCCCC)CCCCCCOC(=O)[C@@H](CCCCCC)CCCCCCCC. The standard InChI is InChI=1S/C62H123NO6/c1-6-11-16-21-24-25-26-27-28-29-30-33-42-51-60(65)59(56-64)63(52-43-34-36-45-54-68-61(66)57(47-38-19-14-9-4)49-40-31-22-17-12-7-2)53-44-35-37-46-55-69-62(67)58(48-39-20-15-10-5)50-41-32-23-18-13-8-3/h57-60,64-65H,6-56H2,1-5H3/t57-,58?,59?,60?/m0/s1. The van der Waals surface area contributed by atoms with Crippen LogP contribution in [0.25, 0.3) is 0 Å². The van der Waals surface area contributed by atoms with E-state index in [1.165, 1.54) is 173 Å². The Hall–Kier alpha value is -1.18. The van der Waals surface area contributed by atoms with Gasteiger partial charge >= 0.3 is 11.9 Å². The molecule has 0 aliphatic heterocycles. The first kappa shape index (κ1) is 67.8. The smallest absolute Gasteiger partial charge is 0.308 e. The highest BCUT2D eigenvalue weighted by atomic mass is 16.5. The van der Waals surface area contributed by atoms with Crippen molar-refractivity contribution in [2.75, 3.05) is 32.9 Å². The number of hydrogen-bond acceptors (Lipinski definition) is 7. The summed E-state index contributed by atoms with van der Waals surface area (Å²) in [6.45, 7) is 14.0. The minimum absolute atomic E-state index is 0.0256. The summed E-state index contributed by atoms with van der Waals surface area (Å²) in [6.07, 6.45) is 53.6. The molecule has 3 unspecified atom stereocenters. The summed E-state index contributed by atoms with van der Waals surface area (Å²) in [7, 11) is 0. The molecule has 7 heteroatoms. The predicted octanol–water partition coefficient (Wildman–Crippen LogP) is 18.4. The van der Waals surface area contributed by atoms with Crippen molar-refractivity contribution in [2.24, 2.45) is 11.8 Å². The molecule has 0 aromatic carbocycles. The van der Waals surface area contributed by atoms with E-state index >= 15 is 0 Å². The summed E-state index contributed by atoms with van der Waals surface area (Å²) in [6, 6.07) is -0.244. The zero-order valence-electron chi connectivity index (χ0n) is 47.3. The van der Waals surface area contributed by atoms with Gasteiger partial charge in [-0.2, -0.15) is 0 Å². The molecule has 4 atom stereocenters. The number of rotatable bonds is 57. The van der Waals surface area contributed by atoms with Gasteiger partial charge in [-0.3, -0.25) is 14.5 Å². The highest BCUT2D eigenvalue weighted by Gasteiger charge is 2.25. The van der Waals surface area contributed by atoms with Crippen LogP contribution in [-0.2, 0) is 19.1 Å². The second-order valence-electron chi connectivity index (χ2n) is 21.8. The Bertz CT molecular complexity index is 982. The topological polar surface area (TPSA) is 96.3 Å². The summed E-state index contributed by atoms with van der Waals surface area (Å²) >= 11 is 0. The van der Waals surface area contributed by atoms with Gasteiger partial charge in [0, 0.05) is 0 Å². The second-order valence-corrected chi connectivity index (χ2v) is 21.8. The number of hydrogen-bond donors (Lipinski definition) is 2. The van der Waals surface area contributed by atoms with Crippen molar-refractivity contribution in [3.05, 3.63) is 0 Å². The van der Waals surface area contributed by atoms with Gasteiger partial charge in [0.25, 0.3) is 0 Å². The van der Waals surface area contributed by atoms with Crippen LogP contribution in [0.2, 0.25) is 0 Å². The van der Waals surface area contributed by atoms with Gasteiger partial charge in [-0.1, -0.05) is 272 Å². The molecule has 0 bridgehead atoms. The van der Waals surface area contributed by atoms with E-state index in [1.54, 1.807) is 0 Å². The van der Waals surface area contributed by atoms with Gasteiger partial charge in [-0.25, -0.2) is 0 Å². The van der Waals surface area contributed by atoms with E-state index < -0.39 is 6.10 Å². The number of esters is 2. The Labute approximate surface area is 431 Å². The number of unbranched alkanes of at least 4 members (excludes halogenated alkanes) is 34. The van der Waals surface area contributed by atoms with Crippen molar-refractivity contribution < 1.29 is 29.3 Å². The van der Waals surface area contributed by atoms with E-state index in [9.17, 15) is 19.8 Å². The average molecular weight is 979 g/mol. The van der Waals surface area contributed by atoms with Crippen molar-refractivity contribution in [3.8, 4) is 0 Å². The Morgan fingerprint density at radius 2 is 0.594 bits per heavy atom. The van der Waals surface area contributed by atoms with Crippen molar-refractivity contribution in [1.29, 1.82) is 0 Å². The quantitative estimate of drug-likeness (QED) is 0.0463. The number of ether oxygens (including phenoxy) is 2. The van der Waals surface area contributed by atoms with Crippen LogP contribution >= 0.6 is 0 Å². The molecular weight excluding hydrogens is 855 g/mol. The van der Waals surface area contributed by atoms with E-state index in [1.807, 2.05) is 0 Å². The van der Waals surface area contributed by atoms with E-state index in [2.05, 4.69) is 39.5 Å². The fraction of sp³-hybridized carbons (Fsp3) is 0.968. The molecule has 0 amide bonds. The molecule has 0 heterocycles. The van der Waals surface area contributed by atoms with Crippen LogP contribution in [0.4, 0.5) is 0 Å². The van der Waals surface area contributed by atoms with Crippen molar-refractivity contribution >= 4 is 11.9 Å². The molecule has 0 spiro atoms. The fourth-order valence-corrected chi connectivity index (χ4v) is 10.3. The van der Waals surface area contributed by atoms with E-state index in [0.717, 1.165) is 135 Å². The molecule has 0 saturated carbocycles. The van der Waals surface area contributed by atoms with E-state index in [-0.39, 0.29) is 36.4 Å². The molecule has 0 aliphatic carbocycles. The third-order valence-corrected chi connectivity index (χ3v) is 15.2. The summed E-state index contributed by atoms with van der Waals surface area (Å²) in [5, 5.41) is 22.1. The van der Waals surface area contributed by atoms with Gasteiger partial charge in [-0.15, -0.1) is 0 Å². The van der Waals surface area contributed by atoms with Crippen molar-refractivity contribution in [1.82, 2.24) is 4.90 Å². The minimum Gasteiger partial charge on any atom is -0.465 e. The lowest BCUT2D eigenvalue weighted by atomic mass is 9.94. The Kier molecular flexibility index (Phi) is 53.7. The van der Waals surface area contributed by atoms with Crippen molar-refractivity contribution in [3.63, 3.8) is 0 Å². The van der Waals surface area contributed by atoms with Gasteiger partial charge < -0.3 is 19.7 Å². The molecule has 0 aliphatic rings. The lowest BCUT2D eigenvalue weighted by Crippen LogP contribution is -2.47. The maximum absolute atomic E-state index is 13.2. The zero-order chi connectivity index (χ0) is 50.5. The first-order valence-electron chi connectivity index (χ1n) is 31.3.